The van der Waals surface area contributed by atoms with E-state index < -0.39 is 11.9 Å². The highest BCUT2D eigenvalue weighted by Crippen LogP contribution is 2.30. The Bertz CT molecular complexity index is 947. The Morgan fingerprint density at radius 2 is 2.16 bits per heavy atom. The molecule has 1 aromatic carbocycles. The summed E-state index contributed by atoms with van der Waals surface area (Å²) in [5.41, 5.74) is 1.20. The zero-order valence-corrected chi connectivity index (χ0v) is 14.6. The van der Waals surface area contributed by atoms with Gasteiger partial charge in [-0.25, -0.2) is 4.79 Å². The van der Waals surface area contributed by atoms with Gasteiger partial charge in [0, 0.05) is 22.5 Å². The molecule has 2 aromatic heterocycles. The van der Waals surface area contributed by atoms with Gasteiger partial charge in [0.1, 0.15) is 11.3 Å². The summed E-state index contributed by atoms with van der Waals surface area (Å²) in [4.78, 5) is 24.4. The van der Waals surface area contributed by atoms with E-state index in [1.54, 1.807) is 39.2 Å². The van der Waals surface area contributed by atoms with Crippen molar-refractivity contribution < 1.29 is 23.5 Å². The Labute approximate surface area is 146 Å². The summed E-state index contributed by atoms with van der Waals surface area (Å²) < 4.78 is 19.4. The molecular weight excluding hydrogens is 346 g/mol. The summed E-state index contributed by atoms with van der Waals surface area (Å²) in [5.74, 6) is -0.326. The quantitative estimate of drug-likeness (QED) is 0.697. The van der Waals surface area contributed by atoms with Crippen molar-refractivity contribution in [3.63, 3.8) is 0 Å². The number of benzene rings is 1. The van der Waals surface area contributed by atoms with E-state index in [1.807, 2.05) is 0 Å². The lowest BCUT2D eigenvalue weighted by atomic mass is 10.1. The number of carbonyl (C=O) groups excluding carboxylic acids is 2. The van der Waals surface area contributed by atoms with E-state index in [0.717, 1.165) is 16.9 Å². The Hall–Kier alpha value is -2.94. The Morgan fingerprint density at radius 3 is 2.88 bits per heavy atom. The molecule has 0 saturated heterocycles. The summed E-state index contributed by atoms with van der Waals surface area (Å²) in [6.45, 7) is 3.66. The molecule has 0 saturated carbocycles. The summed E-state index contributed by atoms with van der Waals surface area (Å²) >= 11 is 0.890. The number of ether oxygens (including phenoxy) is 2. The van der Waals surface area contributed by atoms with Crippen molar-refractivity contribution in [2.24, 2.45) is 0 Å². The summed E-state index contributed by atoms with van der Waals surface area (Å²) in [5, 5.41) is 7.29. The number of nitrogens with zero attached hydrogens (tertiary/aromatic N) is 2. The second kappa shape index (κ2) is 6.89. The molecule has 25 heavy (non-hydrogen) atoms. The van der Waals surface area contributed by atoms with Crippen LogP contribution < -0.4 is 10.1 Å². The van der Waals surface area contributed by atoms with Crippen LogP contribution in [0.5, 0.6) is 5.75 Å². The van der Waals surface area contributed by atoms with Gasteiger partial charge in [-0.1, -0.05) is 4.49 Å². The Morgan fingerprint density at radius 1 is 1.36 bits per heavy atom. The number of methoxy groups -OCH3 is 1. The number of hydrogen-bond donors (Lipinski definition) is 1. The highest BCUT2D eigenvalue weighted by atomic mass is 32.1. The van der Waals surface area contributed by atoms with Crippen molar-refractivity contribution in [2.45, 2.75) is 13.8 Å². The standard InChI is InChI=1S/C16H15N3O5S/c1-4-23-16(21)12-15(25-19-18-12)17-14(20)13-8(2)10-7-9(22-3)5-6-11(10)24-13/h5-7H,4H2,1-3H3,(H,17,20). The maximum atomic E-state index is 12.6. The molecule has 9 heteroatoms. The van der Waals surface area contributed by atoms with E-state index in [-0.39, 0.29) is 23.1 Å². The summed E-state index contributed by atoms with van der Waals surface area (Å²) in [6.07, 6.45) is 0. The molecule has 0 bridgehead atoms. The molecule has 1 N–H and O–H groups in total. The van der Waals surface area contributed by atoms with E-state index in [1.165, 1.54) is 0 Å². The molecule has 0 aliphatic rings. The third-order valence-corrected chi connectivity index (χ3v) is 4.17. The predicted octanol–water partition coefficient (Wildman–Crippen LogP) is 3.03. The molecule has 3 aromatic rings. The molecular formula is C16H15N3O5S. The van der Waals surface area contributed by atoms with Crippen molar-refractivity contribution in [3.8, 4) is 5.75 Å². The molecule has 3 rings (SSSR count). The van der Waals surface area contributed by atoms with Gasteiger partial charge in [0.25, 0.3) is 5.91 Å². The number of fused-ring (bicyclic) bond motifs is 1. The molecule has 1 amide bonds. The lowest BCUT2D eigenvalue weighted by Gasteiger charge is -2.03. The fraction of sp³-hybridized carbons (Fsp3) is 0.250. The maximum Gasteiger partial charge on any atom is 0.362 e. The van der Waals surface area contributed by atoms with Gasteiger partial charge in [-0.15, -0.1) is 5.10 Å². The molecule has 130 valence electrons. The number of anilines is 1. The first-order valence-electron chi connectivity index (χ1n) is 7.43. The monoisotopic (exact) mass is 361 g/mol. The molecule has 0 radical (unpaired) electrons. The average molecular weight is 361 g/mol. The van der Waals surface area contributed by atoms with Crippen LogP contribution in [0.15, 0.2) is 22.6 Å². The van der Waals surface area contributed by atoms with Gasteiger partial charge < -0.3 is 19.2 Å². The molecule has 0 unspecified atom stereocenters. The number of furan rings is 1. The number of amides is 1. The zero-order chi connectivity index (χ0) is 18.0. The minimum absolute atomic E-state index is 0.0318. The van der Waals surface area contributed by atoms with Gasteiger partial charge in [0.15, 0.2) is 10.8 Å². The van der Waals surface area contributed by atoms with Crippen molar-refractivity contribution in [3.05, 3.63) is 35.2 Å². The highest BCUT2D eigenvalue weighted by Gasteiger charge is 2.23. The van der Waals surface area contributed by atoms with Crippen LogP contribution in [0.1, 0.15) is 33.5 Å². The van der Waals surface area contributed by atoms with Crippen LogP contribution in [0.25, 0.3) is 11.0 Å². The Kier molecular flexibility index (Phi) is 4.66. The lowest BCUT2D eigenvalue weighted by Crippen LogP contribution is -2.15. The molecule has 8 nitrogen and oxygen atoms in total. The van der Waals surface area contributed by atoms with Gasteiger partial charge >= 0.3 is 5.97 Å². The predicted molar refractivity (Wildman–Crippen MR) is 91.3 cm³/mol. The number of aromatic nitrogens is 2. The third kappa shape index (κ3) is 3.18. The summed E-state index contributed by atoms with van der Waals surface area (Å²) in [6, 6.07) is 5.28. The van der Waals surface area contributed by atoms with Crippen LogP contribution in [-0.4, -0.2) is 35.2 Å². The first-order chi connectivity index (χ1) is 12.0. The van der Waals surface area contributed by atoms with Crippen molar-refractivity contribution >= 4 is 39.4 Å². The number of aryl methyl sites for hydroxylation is 1. The number of carbonyl (C=O) groups is 2. The van der Waals surface area contributed by atoms with Crippen molar-refractivity contribution in [1.29, 1.82) is 0 Å². The van der Waals surface area contributed by atoms with Crippen molar-refractivity contribution in [1.82, 2.24) is 9.59 Å². The van der Waals surface area contributed by atoms with Crippen LogP contribution in [-0.2, 0) is 4.74 Å². The van der Waals surface area contributed by atoms with Crippen LogP contribution in [0.3, 0.4) is 0 Å². The molecule has 0 aliphatic heterocycles. The van der Waals surface area contributed by atoms with E-state index in [9.17, 15) is 9.59 Å². The van der Waals surface area contributed by atoms with E-state index in [2.05, 4.69) is 14.9 Å². The third-order valence-electron chi connectivity index (χ3n) is 3.53. The lowest BCUT2D eigenvalue weighted by molar-refractivity contribution is 0.0520. The van der Waals surface area contributed by atoms with Gasteiger partial charge in [0.2, 0.25) is 5.69 Å². The minimum Gasteiger partial charge on any atom is -0.497 e. The largest absolute Gasteiger partial charge is 0.497 e. The fourth-order valence-electron chi connectivity index (χ4n) is 2.31. The first-order valence-corrected chi connectivity index (χ1v) is 8.20. The second-order valence-electron chi connectivity index (χ2n) is 5.04. The van der Waals surface area contributed by atoms with Crippen molar-refractivity contribution in [2.75, 3.05) is 19.0 Å². The molecule has 0 fully saturated rings. The normalized spacial score (nSPS) is 10.7. The highest BCUT2D eigenvalue weighted by molar-refractivity contribution is 7.10. The topological polar surface area (TPSA) is 104 Å². The first kappa shape index (κ1) is 16.9. The number of rotatable bonds is 5. The van der Waals surface area contributed by atoms with Crippen LogP contribution in [0.4, 0.5) is 5.00 Å². The molecule has 0 atom stereocenters. The number of hydrogen-bond acceptors (Lipinski definition) is 8. The van der Waals surface area contributed by atoms with E-state index >= 15 is 0 Å². The number of nitrogens with one attached hydrogen (secondary N) is 1. The van der Waals surface area contributed by atoms with Gasteiger partial charge in [-0.3, -0.25) is 4.79 Å². The van der Waals surface area contributed by atoms with Crippen LogP contribution in [0.2, 0.25) is 0 Å². The Balaban J connectivity index is 1.90. The number of esters is 1. The maximum absolute atomic E-state index is 12.6. The van der Waals surface area contributed by atoms with Crippen LogP contribution in [0, 0.1) is 6.92 Å². The summed E-state index contributed by atoms with van der Waals surface area (Å²) in [7, 11) is 1.57. The SMILES string of the molecule is CCOC(=O)c1nnsc1NC(=O)c1oc2ccc(OC)cc2c1C. The van der Waals surface area contributed by atoms with E-state index in [0.29, 0.717) is 16.9 Å². The second-order valence-corrected chi connectivity index (χ2v) is 5.80. The zero-order valence-electron chi connectivity index (χ0n) is 13.8. The molecule has 2 heterocycles. The molecule has 0 spiro atoms. The fourth-order valence-corrected chi connectivity index (χ4v) is 2.86. The van der Waals surface area contributed by atoms with Gasteiger partial charge in [0.05, 0.1) is 13.7 Å². The van der Waals surface area contributed by atoms with Gasteiger partial charge in [-0.05, 0) is 32.0 Å². The molecule has 0 aliphatic carbocycles. The smallest absolute Gasteiger partial charge is 0.362 e. The van der Waals surface area contributed by atoms with Gasteiger partial charge in [-0.2, -0.15) is 0 Å². The van der Waals surface area contributed by atoms with E-state index in [4.69, 9.17) is 13.9 Å². The average Bonchev–Trinajstić information content (AvgIpc) is 3.19. The van der Waals surface area contributed by atoms with Crippen LogP contribution >= 0.6 is 11.5 Å². The minimum atomic E-state index is -0.641.